The van der Waals surface area contributed by atoms with Gasteiger partial charge in [0.05, 0.1) is 0 Å². The van der Waals surface area contributed by atoms with Gasteiger partial charge in [-0.05, 0) is 37.7 Å². The van der Waals surface area contributed by atoms with E-state index in [1.807, 2.05) is 54.6 Å². The quantitative estimate of drug-likeness (QED) is 0.514. The number of amides is 2. The zero-order chi connectivity index (χ0) is 22.5. The Balaban J connectivity index is 1.82. The van der Waals surface area contributed by atoms with Crippen molar-refractivity contribution in [3.05, 3.63) is 71.8 Å². The molecule has 0 radical (unpaired) electrons. The van der Waals surface area contributed by atoms with E-state index in [0.717, 1.165) is 36.5 Å². The van der Waals surface area contributed by atoms with Crippen molar-refractivity contribution in [2.24, 2.45) is 0 Å². The van der Waals surface area contributed by atoms with Crippen LogP contribution in [0.25, 0.3) is 6.08 Å². The van der Waals surface area contributed by atoms with Gasteiger partial charge >= 0.3 is 0 Å². The van der Waals surface area contributed by atoms with Crippen molar-refractivity contribution in [3.8, 4) is 5.75 Å². The standard InChI is InChI=1S/C25H33N3O3/c1-4-28(5-2)17-18-31-23-14-10-9-13-22(23)19-26-25(30)20(3)27-24(29)16-15-21-11-7-6-8-12-21/h6-16,20H,4-5,17-19H2,1-3H3,(H,26,30)(H,27,29)/b16-15+. The molecule has 0 aliphatic rings. The minimum atomic E-state index is -0.649. The number of rotatable bonds is 12. The van der Waals surface area contributed by atoms with Crippen LogP contribution in [-0.2, 0) is 16.1 Å². The van der Waals surface area contributed by atoms with E-state index in [2.05, 4.69) is 29.4 Å². The molecule has 2 rings (SSSR count). The first kappa shape index (κ1) is 24.2. The fourth-order valence-electron chi connectivity index (χ4n) is 3.01. The maximum absolute atomic E-state index is 12.4. The zero-order valence-electron chi connectivity index (χ0n) is 18.6. The smallest absolute Gasteiger partial charge is 0.244 e. The highest BCUT2D eigenvalue weighted by atomic mass is 16.5. The molecule has 2 aromatic carbocycles. The van der Waals surface area contributed by atoms with Gasteiger partial charge in [0.1, 0.15) is 18.4 Å². The molecule has 0 bridgehead atoms. The van der Waals surface area contributed by atoms with Crippen LogP contribution in [0.2, 0.25) is 0 Å². The number of benzene rings is 2. The molecule has 0 fully saturated rings. The summed E-state index contributed by atoms with van der Waals surface area (Å²) in [5.41, 5.74) is 1.82. The largest absolute Gasteiger partial charge is 0.492 e. The molecule has 166 valence electrons. The molecule has 0 saturated carbocycles. The fourth-order valence-corrected chi connectivity index (χ4v) is 3.01. The lowest BCUT2D eigenvalue weighted by atomic mass is 10.2. The summed E-state index contributed by atoms with van der Waals surface area (Å²) in [5.74, 6) is 0.198. The van der Waals surface area contributed by atoms with Crippen molar-refractivity contribution in [2.45, 2.75) is 33.4 Å². The summed E-state index contributed by atoms with van der Waals surface area (Å²) in [5, 5.41) is 5.56. The predicted molar refractivity (Wildman–Crippen MR) is 125 cm³/mol. The van der Waals surface area contributed by atoms with Crippen LogP contribution in [0, 0.1) is 0 Å². The SMILES string of the molecule is CCN(CC)CCOc1ccccc1CNC(=O)C(C)NC(=O)/C=C/c1ccccc1. The Kier molecular flexibility index (Phi) is 10.3. The Bertz CT molecular complexity index is 848. The summed E-state index contributed by atoms with van der Waals surface area (Å²) in [6.45, 7) is 9.68. The van der Waals surface area contributed by atoms with Crippen LogP contribution in [0.5, 0.6) is 5.75 Å². The number of hydrogen-bond donors (Lipinski definition) is 2. The van der Waals surface area contributed by atoms with Gasteiger partial charge in [-0.25, -0.2) is 0 Å². The molecule has 6 heteroatoms. The van der Waals surface area contributed by atoms with E-state index in [1.54, 1.807) is 13.0 Å². The Morgan fingerprint density at radius 2 is 1.71 bits per heavy atom. The Morgan fingerprint density at radius 1 is 1.03 bits per heavy atom. The molecule has 1 unspecified atom stereocenters. The van der Waals surface area contributed by atoms with Gasteiger partial charge in [-0.1, -0.05) is 62.4 Å². The van der Waals surface area contributed by atoms with E-state index in [-0.39, 0.29) is 11.8 Å². The third-order valence-corrected chi connectivity index (χ3v) is 4.96. The lowest BCUT2D eigenvalue weighted by Gasteiger charge is -2.19. The van der Waals surface area contributed by atoms with Crippen molar-refractivity contribution in [1.29, 1.82) is 0 Å². The highest BCUT2D eigenvalue weighted by molar-refractivity contribution is 5.95. The molecule has 2 aromatic rings. The van der Waals surface area contributed by atoms with Gasteiger partial charge in [-0.3, -0.25) is 9.59 Å². The van der Waals surface area contributed by atoms with Crippen LogP contribution >= 0.6 is 0 Å². The third kappa shape index (κ3) is 8.64. The fraction of sp³-hybridized carbons (Fsp3) is 0.360. The minimum Gasteiger partial charge on any atom is -0.492 e. The first-order valence-electron chi connectivity index (χ1n) is 10.8. The van der Waals surface area contributed by atoms with E-state index in [0.29, 0.717) is 13.2 Å². The van der Waals surface area contributed by atoms with E-state index < -0.39 is 6.04 Å². The zero-order valence-corrected chi connectivity index (χ0v) is 18.6. The number of carbonyl (C=O) groups excluding carboxylic acids is 2. The Labute approximate surface area is 185 Å². The summed E-state index contributed by atoms with van der Waals surface area (Å²) in [6, 6.07) is 16.5. The summed E-state index contributed by atoms with van der Waals surface area (Å²) in [4.78, 5) is 26.8. The van der Waals surface area contributed by atoms with E-state index in [4.69, 9.17) is 4.74 Å². The summed E-state index contributed by atoms with van der Waals surface area (Å²) < 4.78 is 5.93. The second kappa shape index (κ2) is 13.2. The van der Waals surface area contributed by atoms with Crippen molar-refractivity contribution in [2.75, 3.05) is 26.2 Å². The van der Waals surface area contributed by atoms with Gasteiger partial charge in [0.25, 0.3) is 0 Å². The first-order chi connectivity index (χ1) is 15.0. The lowest BCUT2D eigenvalue weighted by Crippen LogP contribution is -2.44. The van der Waals surface area contributed by atoms with E-state index >= 15 is 0 Å². The molecule has 0 aliphatic carbocycles. The van der Waals surface area contributed by atoms with Gasteiger partial charge in [0, 0.05) is 24.7 Å². The third-order valence-electron chi connectivity index (χ3n) is 4.96. The van der Waals surface area contributed by atoms with Crippen molar-refractivity contribution in [3.63, 3.8) is 0 Å². The van der Waals surface area contributed by atoms with Crippen LogP contribution in [-0.4, -0.2) is 49.0 Å². The van der Waals surface area contributed by atoms with Crippen molar-refractivity contribution < 1.29 is 14.3 Å². The van der Waals surface area contributed by atoms with Gasteiger partial charge in [0.15, 0.2) is 0 Å². The molecule has 2 amide bonds. The van der Waals surface area contributed by atoms with E-state index in [9.17, 15) is 9.59 Å². The number of nitrogens with one attached hydrogen (secondary N) is 2. The Hall–Kier alpha value is -3.12. The van der Waals surface area contributed by atoms with Crippen LogP contribution in [0.15, 0.2) is 60.7 Å². The van der Waals surface area contributed by atoms with Crippen LogP contribution in [0.1, 0.15) is 31.9 Å². The molecule has 0 heterocycles. The number of para-hydroxylation sites is 1. The maximum Gasteiger partial charge on any atom is 0.244 e. The average molecular weight is 424 g/mol. The predicted octanol–water partition coefficient (Wildman–Crippen LogP) is 3.24. The monoisotopic (exact) mass is 423 g/mol. The number of nitrogens with zero attached hydrogens (tertiary/aromatic N) is 1. The van der Waals surface area contributed by atoms with Crippen LogP contribution < -0.4 is 15.4 Å². The number of likely N-dealkylation sites (N-methyl/N-ethyl adjacent to an activating group) is 1. The van der Waals surface area contributed by atoms with Crippen LogP contribution in [0.4, 0.5) is 0 Å². The highest BCUT2D eigenvalue weighted by Gasteiger charge is 2.15. The second-order valence-corrected chi connectivity index (χ2v) is 7.18. The highest BCUT2D eigenvalue weighted by Crippen LogP contribution is 2.17. The van der Waals surface area contributed by atoms with Crippen molar-refractivity contribution in [1.82, 2.24) is 15.5 Å². The number of hydrogen-bond acceptors (Lipinski definition) is 4. The molecular weight excluding hydrogens is 390 g/mol. The molecule has 2 N–H and O–H groups in total. The summed E-state index contributed by atoms with van der Waals surface area (Å²) in [7, 11) is 0. The summed E-state index contributed by atoms with van der Waals surface area (Å²) in [6.07, 6.45) is 3.14. The van der Waals surface area contributed by atoms with Crippen molar-refractivity contribution >= 4 is 17.9 Å². The molecule has 6 nitrogen and oxygen atoms in total. The van der Waals surface area contributed by atoms with Gasteiger partial charge in [0.2, 0.25) is 11.8 Å². The molecular formula is C25H33N3O3. The molecule has 1 atom stereocenters. The minimum absolute atomic E-state index is 0.251. The molecule has 0 spiro atoms. The molecule has 31 heavy (non-hydrogen) atoms. The van der Waals surface area contributed by atoms with E-state index in [1.165, 1.54) is 6.08 Å². The lowest BCUT2D eigenvalue weighted by molar-refractivity contribution is -0.126. The van der Waals surface area contributed by atoms with Gasteiger partial charge in [-0.2, -0.15) is 0 Å². The number of carbonyl (C=O) groups is 2. The molecule has 0 aromatic heterocycles. The van der Waals surface area contributed by atoms with Crippen LogP contribution in [0.3, 0.4) is 0 Å². The second-order valence-electron chi connectivity index (χ2n) is 7.18. The normalized spacial score (nSPS) is 12.0. The van der Waals surface area contributed by atoms with Gasteiger partial charge in [-0.15, -0.1) is 0 Å². The Morgan fingerprint density at radius 3 is 2.42 bits per heavy atom. The summed E-state index contributed by atoms with van der Waals surface area (Å²) >= 11 is 0. The first-order valence-corrected chi connectivity index (χ1v) is 10.8. The molecule has 0 saturated heterocycles. The molecule has 0 aliphatic heterocycles. The maximum atomic E-state index is 12.4. The van der Waals surface area contributed by atoms with Gasteiger partial charge < -0.3 is 20.3 Å². The topological polar surface area (TPSA) is 70.7 Å². The number of ether oxygens (including phenoxy) is 1. The average Bonchev–Trinajstić information content (AvgIpc) is 2.80.